The zero-order valence-corrected chi connectivity index (χ0v) is 14.3. The summed E-state index contributed by atoms with van der Waals surface area (Å²) in [5, 5.41) is 14.8. The lowest BCUT2D eigenvalue weighted by Gasteiger charge is -2.22. The van der Waals surface area contributed by atoms with Crippen molar-refractivity contribution in [2.75, 3.05) is 25.6 Å². The minimum atomic E-state index is -0.191. The molecule has 3 N–H and O–H groups in total. The molecular weight excluding hydrogens is 278 g/mol. The number of hydrogen-bond donors (Lipinski definition) is 3. The van der Waals surface area contributed by atoms with Crippen LogP contribution in [-0.2, 0) is 6.54 Å². The Bertz CT molecular complexity index is 487. The maximum Gasteiger partial charge on any atom is 0.315 e. The van der Waals surface area contributed by atoms with Gasteiger partial charge >= 0.3 is 6.03 Å². The van der Waals surface area contributed by atoms with E-state index in [-0.39, 0.29) is 18.7 Å². The van der Waals surface area contributed by atoms with Gasteiger partial charge in [0.1, 0.15) is 0 Å². The molecule has 0 radical (unpaired) electrons. The van der Waals surface area contributed by atoms with Crippen molar-refractivity contribution in [2.45, 2.75) is 39.8 Å². The summed E-state index contributed by atoms with van der Waals surface area (Å²) in [6.07, 6.45) is 0.571. The van der Waals surface area contributed by atoms with Gasteiger partial charge in [0.2, 0.25) is 0 Å². The predicted molar refractivity (Wildman–Crippen MR) is 91.2 cm³/mol. The highest BCUT2D eigenvalue weighted by Crippen LogP contribution is 2.17. The minimum absolute atomic E-state index is 0.0118. The van der Waals surface area contributed by atoms with E-state index in [4.69, 9.17) is 5.11 Å². The monoisotopic (exact) mass is 307 g/mol. The average molecular weight is 307 g/mol. The molecule has 1 unspecified atom stereocenters. The minimum Gasteiger partial charge on any atom is -0.396 e. The number of nitrogens with one attached hydrogen (secondary N) is 2. The molecule has 2 amide bonds. The Kier molecular flexibility index (Phi) is 7.18. The number of urea groups is 1. The van der Waals surface area contributed by atoms with Gasteiger partial charge in [-0.3, -0.25) is 0 Å². The highest BCUT2D eigenvalue weighted by molar-refractivity contribution is 5.74. The number of benzene rings is 1. The maximum atomic E-state index is 12.0. The van der Waals surface area contributed by atoms with Gasteiger partial charge in [-0.2, -0.15) is 0 Å². The molecule has 22 heavy (non-hydrogen) atoms. The van der Waals surface area contributed by atoms with Crippen molar-refractivity contribution in [2.24, 2.45) is 5.92 Å². The van der Waals surface area contributed by atoms with E-state index in [9.17, 15) is 4.79 Å². The standard InChI is InChI=1S/C17H29N3O2/c1-12(2)16(8-9-21)19-17(22)18-11-14-6-7-15(20(4)5)10-13(14)3/h6-7,10,12,16,21H,8-9,11H2,1-5H3,(H2,18,19,22). The van der Waals surface area contributed by atoms with Crippen molar-refractivity contribution in [1.29, 1.82) is 0 Å². The molecule has 1 aromatic carbocycles. The van der Waals surface area contributed by atoms with E-state index in [0.717, 1.165) is 16.8 Å². The van der Waals surface area contributed by atoms with Gasteiger partial charge in [-0.15, -0.1) is 0 Å². The Morgan fingerprint density at radius 2 is 2.00 bits per heavy atom. The number of carbonyl (C=O) groups is 1. The summed E-state index contributed by atoms with van der Waals surface area (Å²) in [5.41, 5.74) is 3.40. The molecule has 0 bridgehead atoms. The SMILES string of the molecule is Cc1cc(N(C)C)ccc1CNC(=O)NC(CCO)C(C)C. The van der Waals surface area contributed by atoms with Gasteiger partial charge in [0.05, 0.1) is 0 Å². The molecule has 0 aliphatic rings. The fourth-order valence-corrected chi connectivity index (χ4v) is 2.26. The molecule has 0 aliphatic carbocycles. The van der Waals surface area contributed by atoms with Crippen molar-refractivity contribution in [1.82, 2.24) is 10.6 Å². The molecule has 124 valence electrons. The second-order valence-corrected chi connectivity index (χ2v) is 6.20. The molecule has 0 heterocycles. The largest absolute Gasteiger partial charge is 0.396 e. The van der Waals surface area contributed by atoms with Crippen molar-refractivity contribution >= 4 is 11.7 Å². The summed E-state index contributed by atoms with van der Waals surface area (Å²) in [7, 11) is 4.01. The number of anilines is 1. The van der Waals surface area contributed by atoms with Crippen LogP contribution in [0.4, 0.5) is 10.5 Å². The Labute approximate surface area is 133 Å². The first-order valence-electron chi connectivity index (χ1n) is 7.77. The van der Waals surface area contributed by atoms with E-state index in [1.165, 1.54) is 0 Å². The molecule has 1 atom stereocenters. The van der Waals surface area contributed by atoms with Crippen molar-refractivity contribution < 1.29 is 9.90 Å². The second-order valence-electron chi connectivity index (χ2n) is 6.20. The summed E-state index contributed by atoms with van der Waals surface area (Å²) in [6.45, 7) is 6.68. The quantitative estimate of drug-likeness (QED) is 0.724. The number of hydrogen-bond acceptors (Lipinski definition) is 3. The lowest BCUT2D eigenvalue weighted by Crippen LogP contribution is -2.44. The predicted octanol–water partition coefficient (Wildman–Crippen LogP) is 2.27. The average Bonchev–Trinajstić information content (AvgIpc) is 2.45. The Morgan fingerprint density at radius 1 is 1.32 bits per heavy atom. The van der Waals surface area contributed by atoms with E-state index in [2.05, 4.69) is 21.6 Å². The summed E-state index contributed by atoms with van der Waals surface area (Å²) in [6, 6.07) is 5.99. The number of aryl methyl sites for hydroxylation is 1. The molecule has 0 spiro atoms. The number of carbonyl (C=O) groups excluding carboxylic acids is 1. The summed E-state index contributed by atoms with van der Waals surface area (Å²) >= 11 is 0. The van der Waals surface area contributed by atoms with Crippen LogP contribution >= 0.6 is 0 Å². The first-order valence-corrected chi connectivity index (χ1v) is 7.77. The summed E-state index contributed by atoms with van der Waals surface area (Å²) in [4.78, 5) is 14.0. The molecule has 0 aromatic heterocycles. The molecule has 0 saturated carbocycles. The normalized spacial score (nSPS) is 12.1. The fourth-order valence-electron chi connectivity index (χ4n) is 2.26. The van der Waals surface area contributed by atoms with Gasteiger partial charge in [-0.05, 0) is 42.5 Å². The Balaban J connectivity index is 2.57. The van der Waals surface area contributed by atoms with Gasteiger partial charge in [0, 0.05) is 39.0 Å². The second kappa shape index (κ2) is 8.63. The van der Waals surface area contributed by atoms with Crippen LogP contribution in [0.1, 0.15) is 31.4 Å². The van der Waals surface area contributed by atoms with Crippen LogP contribution in [0.3, 0.4) is 0 Å². The number of aliphatic hydroxyl groups is 1. The zero-order chi connectivity index (χ0) is 16.7. The lowest BCUT2D eigenvalue weighted by atomic mass is 10.0. The van der Waals surface area contributed by atoms with E-state index in [0.29, 0.717) is 18.9 Å². The highest BCUT2D eigenvalue weighted by Gasteiger charge is 2.15. The van der Waals surface area contributed by atoms with Crippen LogP contribution in [0.25, 0.3) is 0 Å². The maximum absolute atomic E-state index is 12.0. The Hall–Kier alpha value is -1.75. The van der Waals surface area contributed by atoms with Crippen molar-refractivity contribution in [3.05, 3.63) is 29.3 Å². The van der Waals surface area contributed by atoms with Crippen LogP contribution in [0, 0.1) is 12.8 Å². The molecule has 0 saturated heterocycles. The molecule has 1 rings (SSSR count). The van der Waals surface area contributed by atoms with E-state index < -0.39 is 0 Å². The van der Waals surface area contributed by atoms with Gasteiger partial charge in [-0.25, -0.2) is 4.79 Å². The molecule has 5 heteroatoms. The first kappa shape index (κ1) is 18.3. The van der Waals surface area contributed by atoms with E-state index in [1.54, 1.807) is 0 Å². The fraction of sp³-hybridized carbons (Fsp3) is 0.588. The van der Waals surface area contributed by atoms with Crippen LogP contribution in [-0.4, -0.2) is 37.9 Å². The van der Waals surface area contributed by atoms with Crippen molar-refractivity contribution in [3.8, 4) is 0 Å². The molecule has 5 nitrogen and oxygen atoms in total. The van der Waals surface area contributed by atoms with E-state index >= 15 is 0 Å². The lowest BCUT2D eigenvalue weighted by molar-refractivity contribution is 0.218. The molecular formula is C17H29N3O2. The number of nitrogens with zero attached hydrogens (tertiary/aromatic N) is 1. The molecule has 0 fully saturated rings. The van der Waals surface area contributed by atoms with Gasteiger partial charge in [0.15, 0.2) is 0 Å². The first-order chi connectivity index (χ1) is 10.3. The number of rotatable bonds is 7. The summed E-state index contributed by atoms with van der Waals surface area (Å²) in [5.74, 6) is 0.291. The third kappa shape index (κ3) is 5.56. The highest BCUT2D eigenvalue weighted by atomic mass is 16.3. The molecule has 0 aliphatic heterocycles. The number of amides is 2. The van der Waals surface area contributed by atoms with Crippen LogP contribution in [0.2, 0.25) is 0 Å². The zero-order valence-electron chi connectivity index (χ0n) is 14.3. The van der Waals surface area contributed by atoms with Crippen LogP contribution < -0.4 is 15.5 Å². The van der Waals surface area contributed by atoms with E-state index in [1.807, 2.05) is 47.0 Å². The van der Waals surface area contributed by atoms with Gasteiger partial charge in [0.25, 0.3) is 0 Å². The van der Waals surface area contributed by atoms with Gasteiger partial charge in [-0.1, -0.05) is 19.9 Å². The number of aliphatic hydroxyl groups excluding tert-OH is 1. The van der Waals surface area contributed by atoms with Crippen LogP contribution in [0.5, 0.6) is 0 Å². The third-order valence-electron chi connectivity index (χ3n) is 3.84. The Morgan fingerprint density at radius 3 is 2.50 bits per heavy atom. The summed E-state index contributed by atoms with van der Waals surface area (Å²) < 4.78 is 0. The topological polar surface area (TPSA) is 64.6 Å². The van der Waals surface area contributed by atoms with Crippen LogP contribution in [0.15, 0.2) is 18.2 Å². The smallest absolute Gasteiger partial charge is 0.315 e. The third-order valence-corrected chi connectivity index (χ3v) is 3.84. The molecule has 1 aromatic rings. The van der Waals surface area contributed by atoms with Crippen molar-refractivity contribution in [3.63, 3.8) is 0 Å². The van der Waals surface area contributed by atoms with Gasteiger partial charge < -0.3 is 20.6 Å².